The molecule has 0 unspecified atom stereocenters. The van der Waals surface area contributed by atoms with Gasteiger partial charge in [-0.15, -0.1) is 0 Å². The van der Waals surface area contributed by atoms with Gasteiger partial charge in [-0.05, 0) is 36.4 Å². The molecule has 0 spiro atoms. The number of carbonyl (C=O) groups excluding carboxylic acids is 2. The molecule has 24 heavy (non-hydrogen) atoms. The van der Waals surface area contributed by atoms with Crippen LogP contribution in [0, 0.1) is 0 Å². The summed E-state index contributed by atoms with van der Waals surface area (Å²) in [6, 6.07) is 14.3. The zero-order chi connectivity index (χ0) is 17.1. The van der Waals surface area contributed by atoms with E-state index in [-0.39, 0.29) is 11.8 Å². The highest BCUT2D eigenvalue weighted by Crippen LogP contribution is 2.22. The highest BCUT2D eigenvalue weighted by molar-refractivity contribution is 6.06. The molecule has 0 aliphatic carbocycles. The van der Waals surface area contributed by atoms with Crippen molar-refractivity contribution in [1.82, 2.24) is 4.98 Å². The number of H-pyrrole nitrogens is 1. The zero-order valence-corrected chi connectivity index (χ0v) is 13.3. The highest BCUT2D eigenvalue weighted by Gasteiger charge is 2.11. The first kappa shape index (κ1) is 15.6. The van der Waals surface area contributed by atoms with E-state index >= 15 is 0 Å². The molecule has 3 N–H and O–H groups in total. The van der Waals surface area contributed by atoms with Crippen molar-refractivity contribution < 1.29 is 14.3 Å². The first-order chi connectivity index (χ1) is 11.5. The lowest BCUT2D eigenvalue weighted by molar-refractivity contribution is -0.114. The Hall–Kier alpha value is -3.28. The summed E-state index contributed by atoms with van der Waals surface area (Å²) >= 11 is 0. The van der Waals surface area contributed by atoms with Crippen LogP contribution >= 0.6 is 0 Å². The maximum atomic E-state index is 12.4. The normalized spacial score (nSPS) is 10.4. The number of rotatable bonds is 4. The summed E-state index contributed by atoms with van der Waals surface area (Å²) < 4.78 is 5.18. The molecule has 0 bridgehead atoms. The summed E-state index contributed by atoms with van der Waals surface area (Å²) in [6.45, 7) is 1.43. The van der Waals surface area contributed by atoms with Crippen molar-refractivity contribution >= 4 is 34.1 Å². The van der Waals surface area contributed by atoms with Gasteiger partial charge in [0.2, 0.25) is 5.91 Å². The van der Waals surface area contributed by atoms with E-state index in [1.54, 1.807) is 37.4 Å². The fourth-order valence-electron chi connectivity index (χ4n) is 2.43. The average Bonchev–Trinajstić information content (AvgIpc) is 2.97. The van der Waals surface area contributed by atoms with Gasteiger partial charge < -0.3 is 20.4 Å². The average molecular weight is 323 g/mol. The standard InChI is InChI=1S/C18H17N3O3/c1-11(22)19-13-4-3-5-14(9-13)20-18(23)17-8-12-6-7-15(24-2)10-16(12)21-17/h3-10,21H,1-2H3,(H,19,22)(H,20,23). The fraction of sp³-hybridized carbons (Fsp3) is 0.111. The first-order valence-electron chi connectivity index (χ1n) is 7.41. The summed E-state index contributed by atoms with van der Waals surface area (Å²) in [5.74, 6) is 0.299. The maximum Gasteiger partial charge on any atom is 0.272 e. The van der Waals surface area contributed by atoms with Gasteiger partial charge in [0, 0.05) is 35.3 Å². The van der Waals surface area contributed by atoms with Crippen LogP contribution in [0.1, 0.15) is 17.4 Å². The number of hydrogen-bond donors (Lipinski definition) is 3. The third-order valence-electron chi connectivity index (χ3n) is 3.52. The first-order valence-corrected chi connectivity index (χ1v) is 7.41. The Morgan fingerprint density at radius 3 is 2.46 bits per heavy atom. The van der Waals surface area contributed by atoms with Crippen LogP contribution in [0.15, 0.2) is 48.5 Å². The van der Waals surface area contributed by atoms with E-state index in [0.29, 0.717) is 17.1 Å². The van der Waals surface area contributed by atoms with Crippen LogP contribution in [-0.4, -0.2) is 23.9 Å². The van der Waals surface area contributed by atoms with Crippen molar-refractivity contribution in [3.05, 3.63) is 54.2 Å². The van der Waals surface area contributed by atoms with Gasteiger partial charge in [0.25, 0.3) is 5.91 Å². The summed E-state index contributed by atoms with van der Waals surface area (Å²) in [5, 5.41) is 6.41. The molecule has 1 heterocycles. The third-order valence-corrected chi connectivity index (χ3v) is 3.52. The molecule has 3 aromatic rings. The van der Waals surface area contributed by atoms with Crippen LogP contribution in [0.2, 0.25) is 0 Å². The van der Waals surface area contributed by atoms with Gasteiger partial charge in [0.05, 0.1) is 7.11 Å². The number of aromatic amines is 1. The smallest absolute Gasteiger partial charge is 0.272 e. The topological polar surface area (TPSA) is 83.2 Å². The van der Waals surface area contributed by atoms with Crippen molar-refractivity contribution in [3.63, 3.8) is 0 Å². The Kier molecular flexibility index (Phi) is 4.20. The molecule has 0 atom stereocenters. The van der Waals surface area contributed by atoms with Gasteiger partial charge in [-0.3, -0.25) is 9.59 Å². The van der Waals surface area contributed by atoms with E-state index in [1.807, 2.05) is 18.2 Å². The molecular formula is C18H17N3O3. The van der Waals surface area contributed by atoms with E-state index < -0.39 is 0 Å². The lowest BCUT2D eigenvalue weighted by Gasteiger charge is -2.07. The van der Waals surface area contributed by atoms with Gasteiger partial charge in [-0.25, -0.2) is 0 Å². The Morgan fingerprint density at radius 2 is 1.75 bits per heavy atom. The quantitative estimate of drug-likeness (QED) is 0.688. The van der Waals surface area contributed by atoms with Crippen LogP contribution in [0.5, 0.6) is 5.75 Å². The second kappa shape index (κ2) is 6.45. The number of ether oxygens (including phenoxy) is 1. The number of carbonyl (C=O) groups is 2. The van der Waals surface area contributed by atoms with Crippen molar-refractivity contribution in [2.24, 2.45) is 0 Å². The van der Waals surface area contributed by atoms with Gasteiger partial charge in [0.1, 0.15) is 11.4 Å². The number of methoxy groups -OCH3 is 1. The predicted octanol–water partition coefficient (Wildman–Crippen LogP) is 3.39. The van der Waals surface area contributed by atoms with Gasteiger partial charge in [0.15, 0.2) is 0 Å². The summed E-state index contributed by atoms with van der Waals surface area (Å²) in [5.41, 5.74) is 2.50. The number of nitrogens with one attached hydrogen (secondary N) is 3. The Bertz CT molecular complexity index is 915. The largest absolute Gasteiger partial charge is 0.497 e. The zero-order valence-electron chi connectivity index (χ0n) is 13.3. The molecule has 1 aromatic heterocycles. The molecule has 0 radical (unpaired) electrons. The highest BCUT2D eigenvalue weighted by atomic mass is 16.5. The number of hydrogen-bond acceptors (Lipinski definition) is 3. The molecule has 6 heteroatoms. The molecule has 0 aliphatic heterocycles. The monoisotopic (exact) mass is 323 g/mol. The number of benzene rings is 2. The Labute approximate surface area is 138 Å². The number of amides is 2. The van der Waals surface area contributed by atoms with E-state index in [4.69, 9.17) is 4.74 Å². The van der Waals surface area contributed by atoms with Crippen LogP contribution < -0.4 is 15.4 Å². The van der Waals surface area contributed by atoms with Gasteiger partial charge in [-0.2, -0.15) is 0 Å². The number of fused-ring (bicyclic) bond motifs is 1. The maximum absolute atomic E-state index is 12.4. The molecule has 0 aliphatic rings. The number of anilines is 2. The molecule has 6 nitrogen and oxygen atoms in total. The summed E-state index contributed by atoms with van der Waals surface area (Å²) in [6.07, 6.45) is 0. The Morgan fingerprint density at radius 1 is 1.00 bits per heavy atom. The third kappa shape index (κ3) is 3.38. The predicted molar refractivity (Wildman–Crippen MR) is 93.5 cm³/mol. The molecule has 0 saturated heterocycles. The number of aromatic nitrogens is 1. The fourth-order valence-corrected chi connectivity index (χ4v) is 2.43. The molecule has 122 valence electrons. The van der Waals surface area contributed by atoms with Crippen LogP contribution in [0.25, 0.3) is 10.9 Å². The molecule has 0 saturated carbocycles. The van der Waals surface area contributed by atoms with Crippen LogP contribution in [-0.2, 0) is 4.79 Å². The molecule has 2 aromatic carbocycles. The SMILES string of the molecule is COc1ccc2cc(C(=O)Nc3cccc(NC(C)=O)c3)[nH]c2c1. The van der Waals surface area contributed by atoms with Crippen LogP contribution in [0.3, 0.4) is 0 Å². The van der Waals surface area contributed by atoms with Gasteiger partial charge >= 0.3 is 0 Å². The lowest BCUT2D eigenvalue weighted by Crippen LogP contribution is -2.12. The molecule has 0 fully saturated rings. The summed E-state index contributed by atoms with van der Waals surface area (Å²) in [4.78, 5) is 26.6. The molecule has 3 rings (SSSR count). The van der Waals surface area contributed by atoms with Gasteiger partial charge in [-0.1, -0.05) is 6.07 Å². The second-order valence-electron chi connectivity index (χ2n) is 5.35. The minimum atomic E-state index is -0.259. The van der Waals surface area contributed by atoms with E-state index in [9.17, 15) is 9.59 Å². The molecule has 2 amide bonds. The lowest BCUT2D eigenvalue weighted by atomic mass is 10.2. The second-order valence-corrected chi connectivity index (χ2v) is 5.35. The van der Waals surface area contributed by atoms with E-state index in [0.717, 1.165) is 16.7 Å². The van der Waals surface area contributed by atoms with Crippen molar-refractivity contribution in [1.29, 1.82) is 0 Å². The Balaban J connectivity index is 1.80. The van der Waals surface area contributed by atoms with Crippen molar-refractivity contribution in [2.45, 2.75) is 6.92 Å². The van der Waals surface area contributed by atoms with E-state index in [2.05, 4.69) is 15.6 Å². The van der Waals surface area contributed by atoms with Crippen molar-refractivity contribution in [2.75, 3.05) is 17.7 Å². The van der Waals surface area contributed by atoms with E-state index in [1.165, 1.54) is 6.92 Å². The van der Waals surface area contributed by atoms with Crippen molar-refractivity contribution in [3.8, 4) is 5.75 Å². The summed E-state index contributed by atoms with van der Waals surface area (Å²) in [7, 11) is 1.60. The van der Waals surface area contributed by atoms with Crippen LogP contribution in [0.4, 0.5) is 11.4 Å². The minimum Gasteiger partial charge on any atom is -0.497 e. The molecular weight excluding hydrogens is 306 g/mol. The minimum absolute atomic E-state index is 0.164.